The minimum Gasteiger partial charge on any atom is -0.444 e. The van der Waals surface area contributed by atoms with Gasteiger partial charge in [-0.05, 0) is 40.2 Å². The fraction of sp³-hybridized carbons (Fsp3) is 0.600. The monoisotopic (exact) mass is 283 g/mol. The third kappa shape index (κ3) is 6.02. The Kier molecular flexibility index (Phi) is 6.65. The molecule has 0 saturated carbocycles. The molecule has 0 unspecified atom stereocenters. The summed E-state index contributed by atoms with van der Waals surface area (Å²) in [4.78, 5) is 25.2. The van der Waals surface area contributed by atoms with E-state index < -0.39 is 17.7 Å². The molecule has 0 bridgehead atoms. The van der Waals surface area contributed by atoms with Gasteiger partial charge in [0.25, 0.3) is 0 Å². The molecule has 0 heterocycles. The minimum absolute atomic E-state index is 0.192. The van der Waals surface area contributed by atoms with Crippen LogP contribution in [-0.4, -0.2) is 46.7 Å². The number of nitrogens with zero attached hydrogens (tertiary/aromatic N) is 1. The average Bonchev–Trinajstić information content (AvgIpc) is 2.25. The number of aliphatic hydroxyl groups is 1. The Balaban J connectivity index is 5.24. The zero-order valence-electron chi connectivity index (χ0n) is 13.0. The van der Waals surface area contributed by atoms with Gasteiger partial charge in [-0.3, -0.25) is 9.69 Å². The molecule has 0 aromatic carbocycles. The van der Waals surface area contributed by atoms with Crippen LogP contribution in [-0.2, 0) is 9.53 Å². The minimum atomic E-state index is -0.684. The molecule has 0 aliphatic heterocycles. The number of hydrogen-bond acceptors (Lipinski definition) is 4. The highest BCUT2D eigenvalue weighted by Crippen LogP contribution is 2.16. The first-order chi connectivity index (χ1) is 8.99. The first-order valence-electron chi connectivity index (χ1n) is 6.44. The van der Waals surface area contributed by atoms with Crippen molar-refractivity contribution in [2.45, 2.75) is 46.3 Å². The molecule has 114 valence electrons. The first kappa shape index (κ1) is 18.4. The third-order valence-electron chi connectivity index (χ3n) is 2.54. The number of Topliss-reactive ketones (excluding diaryl/α,β-unsaturated/α-hetero) is 1. The van der Waals surface area contributed by atoms with Crippen LogP contribution in [0.15, 0.2) is 24.3 Å². The lowest BCUT2D eigenvalue weighted by molar-refractivity contribution is -0.117. The van der Waals surface area contributed by atoms with Crippen LogP contribution in [0.1, 0.15) is 34.6 Å². The zero-order chi connectivity index (χ0) is 16.1. The molecule has 0 aromatic rings. The van der Waals surface area contributed by atoms with Crippen molar-refractivity contribution in [1.82, 2.24) is 4.90 Å². The van der Waals surface area contributed by atoms with Crippen molar-refractivity contribution in [3.05, 3.63) is 24.3 Å². The van der Waals surface area contributed by atoms with Crippen molar-refractivity contribution in [1.29, 1.82) is 0 Å². The Morgan fingerprint density at radius 2 is 1.75 bits per heavy atom. The number of ketones is 1. The fourth-order valence-electron chi connectivity index (χ4n) is 1.43. The average molecular weight is 283 g/mol. The predicted octanol–water partition coefficient (Wildman–Crippen LogP) is 2.31. The second-order valence-electron chi connectivity index (χ2n) is 5.86. The van der Waals surface area contributed by atoms with Crippen molar-refractivity contribution in [3.8, 4) is 0 Å². The van der Waals surface area contributed by atoms with Gasteiger partial charge in [-0.1, -0.05) is 18.7 Å². The lowest BCUT2D eigenvalue weighted by atomic mass is 10.1. The lowest BCUT2D eigenvalue weighted by Crippen LogP contribution is -2.48. The molecule has 0 aliphatic rings. The Morgan fingerprint density at radius 3 is 2.05 bits per heavy atom. The van der Waals surface area contributed by atoms with Crippen molar-refractivity contribution >= 4 is 11.9 Å². The van der Waals surface area contributed by atoms with E-state index in [9.17, 15) is 14.7 Å². The molecular weight excluding hydrogens is 258 g/mol. The van der Waals surface area contributed by atoms with Crippen molar-refractivity contribution in [2.75, 3.05) is 13.2 Å². The number of ether oxygens (including phenoxy) is 1. The SMILES string of the molecule is C=C(C)C(=O)CN(C(=O)OC(C)(C)C)[C@H](CO)C(=C)C. The normalized spacial score (nSPS) is 12.5. The number of aliphatic hydroxyl groups excluding tert-OH is 1. The van der Waals surface area contributed by atoms with Crippen LogP contribution in [0, 0.1) is 0 Å². The van der Waals surface area contributed by atoms with Crippen molar-refractivity contribution in [2.24, 2.45) is 0 Å². The van der Waals surface area contributed by atoms with Gasteiger partial charge < -0.3 is 9.84 Å². The second-order valence-corrected chi connectivity index (χ2v) is 5.86. The molecule has 1 amide bonds. The summed E-state index contributed by atoms with van der Waals surface area (Å²) in [6.07, 6.45) is -0.658. The van der Waals surface area contributed by atoms with E-state index in [-0.39, 0.29) is 18.9 Å². The van der Waals surface area contributed by atoms with E-state index >= 15 is 0 Å². The maximum Gasteiger partial charge on any atom is 0.411 e. The van der Waals surface area contributed by atoms with E-state index in [1.165, 1.54) is 4.90 Å². The maximum absolute atomic E-state index is 12.2. The van der Waals surface area contributed by atoms with Crippen LogP contribution in [0.2, 0.25) is 0 Å². The molecule has 0 saturated heterocycles. The molecule has 0 rings (SSSR count). The quantitative estimate of drug-likeness (QED) is 0.600. The highest BCUT2D eigenvalue weighted by molar-refractivity contribution is 5.97. The Bertz CT molecular complexity index is 407. The van der Waals surface area contributed by atoms with Gasteiger partial charge in [-0.25, -0.2) is 4.79 Å². The van der Waals surface area contributed by atoms with E-state index in [0.29, 0.717) is 11.1 Å². The summed E-state index contributed by atoms with van der Waals surface area (Å²) in [5.41, 5.74) is 0.237. The molecule has 1 atom stereocenters. The van der Waals surface area contributed by atoms with Gasteiger partial charge in [0.05, 0.1) is 19.2 Å². The summed E-state index contributed by atoms with van der Waals surface area (Å²) in [6, 6.07) is -0.659. The Morgan fingerprint density at radius 1 is 1.25 bits per heavy atom. The van der Waals surface area contributed by atoms with Crippen LogP contribution < -0.4 is 0 Å². The molecule has 0 aromatic heterocycles. The molecule has 0 fully saturated rings. The van der Waals surface area contributed by atoms with Gasteiger partial charge in [-0.15, -0.1) is 0 Å². The van der Waals surface area contributed by atoms with Gasteiger partial charge in [0, 0.05) is 0 Å². The van der Waals surface area contributed by atoms with E-state index in [2.05, 4.69) is 13.2 Å². The fourth-order valence-corrected chi connectivity index (χ4v) is 1.43. The van der Waals surface area contributed by atoms with Gasteiger partial charge >= 0.3 is 6.09 Å². The largest absolute Gasteiger partial charge is 0.444 e. The molecule has 0 radical (unpaired) electrons. The third-order valence-corrected chi connectivity index (χ3v) is 2.54. The zero-order valence-corrected chi connectivity index (χ0v) is 13.0. The molecule has 0 aliphatic carbocycles. The Labute approximate surface area is 120 Å². The van der Waals surface area contributed by atoms with Crippen LogP contribution in [0.5, 0.6) is 0 Å². The topological polar surface area (TPSA) is 66.8 Å². The van der Waals surface area contributed by atoms with E-state index in [1.54, 1.807) is 34.6 Å². The number of carbonyl (C=O) groups excluding carboxylic acids is 2. The van der Waals surface area contributed by atoms with Crippen LogP contribution >= 0.6 is 0 Å². The Hall–Kier alpha value is -1.62. The summed E-state index contributed by atoms with van der Waals surface area (Å²) in [5, 5.41) is 9.42. The molecule has 20 heavy (non-hydrogen) atoms. The molecule has 5 nitrogen and oxygen atoms in total. The van der Waals surface area contributed by atoms with Crippen LogP contribution in [0.3, 0.4) is 0 Å². The standard InChI is InChI=1S/C15H25NO4/c1-10(2)12(9-17)16(8-13(18)11(3)4)14(19)20-15(5,6)7/h12,17H,1,3,8-9H2,2,4-7H3/t12-/m1/s1. The van der Waals surface area contributed by atoms with Gasteiger partial charge in [0.2, 0.25) is 0 Å². The highest BCUT2D eigenvalue weighted by atomic mass is 16.6. The van der Waals surface area contributed by atoms with Gasteiger partial charge in [0.1, 0.15) is 5.60 Å². The summed E-state index contributed by atoms with van der Waals surface area (Å²) in [5.74, 6) is -0.282. The predicted molar refractivity (Wildman–Crippen MR) is 78.4 cm³/mol. The molecule has 1 N–H and O–H groups in total. The van der Waals surface area contributed by atoms with E-state index in [4.69, 9.17) is 4.74 Å². The first-order valence-corrected chi connectivity index (χ1v) is 6.44. The van der Waals surface area contributed by atoms with Gasteiger partial charge in [-0.2, -0.15) is 0 Å². The number of carbonyl (C=O) groups is 2. The molecule has 5 heteroatoms. The molecule has 0 spiro atoms. The number of amides is 1. The van der Waals surface area contributed by atoms with Crippen molar-refractivity contribution in [3.63, 3.8) is 0 Å². The second kappa shape index (κ2) is 7.24. The smallest absolute Gasteiger partial charge is 0.411 e. The summed E-state index contributed by atoms with van der Waals surface area (Å²) >= 11 is 0. The van der Waals surface area contributed by atoms with Crippen molar-refractivity contribution < 1.29 is 19.4 Å². The van der Waals surface area contributed by atoms with Crippen LogP contribution in [0.25, 0.3) is 0 Å². The molecular formula is C15H25NO4. The van der Waals surface area contributed by atoms with E-state index in [0.717, 1.165) is 0 Å². The van der Waals surface area contributed by atoms with E-state index in [1.807, 2.05) is 0 Å². The maximum atomic E-state index is 12.2. The van der Waals surface area contributed by atoms with Crippen LogP contribution in [0.4, 0.5) is 4.79 Å². The number of hydrogen-bond donors (Lipinski definition) is 1. The summed E-state index contributed by atoms with van der Waals surface area (Å²) < 4.78 is 5.27. The van der Waals surface area contributed by atoms with Gasteiger partial charge in [0.15, 0.2) is 5.78 Å². The number of rotatable bonds is 6. The highest BCUT2D eigenvalue weighted by Gasteiger charge is 2.30. The summed E-state index contributed by atoms with van der Waals surface area (Å²) in [7, 11) is 0. The lowest BCUT2D eigenvalue weighted by Gasteiger charge is -2.32. The summed E-state index contributed by atoms with van der Waals surface area (Å²) in [6.45, 7) is 15.2.